The summed E-state index contributed by atoms with van der Waals surface area (Å²) in [7, 11) is 0. The molecule has 0 spiro atoms. The van der Waals surface area contributed by atoms with Crippen molar-refractivity contribution in [3.63, 3.8) is 0 Å². The van der Waals surface area contributed by atoms with Gasteiger partial charge in [0.15, 0.2) is 0 Å². The maximum Gasteiger partial charge on any atom is 0.0103 e. The van der Waals surface area contributed by atoms with Gasteiger partial charge in [0.25, 0.3) is 0 Å². The molecule has 3 fully saturated rings. The van der Waals surface area contributed by atoms with Crippen molar-refractivity contribution in [2.75, 3.05) is 0 Å². The average Bonchev–Trinajstić information content (AvgIpc) is 3.00. The molecule has 1 N–H and O–H groups in total. The van der Waals surface area contributed by atoms with Crippen molar-refractivity contribution < 1.29 is 0 Å². The van der Waals surface area contributed by atoms with E-state index in [0.717, 1.165) is 35.8 Å². The van der Waals surface area contributed by atoms with Crippen LogP contribution < -0.4 is 5.32 Å². The zero-order valence-electron chi connectivity index (χ0n) is 12.3. The van der Waals surface area contributed by atoms with Gasteiger partial charge in [-0.1, -0.05) is 32.6 Å². The van der Waals surface area contributed by atoms with Crippen LogP contribution in [0.15, 0.2) is 0 Å². The predicted molar refractivity (Wildman–Crippen MR) is 77.6 cm³/mol. The van der Waals surface area contributed by atoms with Crippen LogP contribution in [0, 0.1) is 23.7 Å². The van der Waals surface area contributed by atoms with Gasteiger partial charge in [-0.25, -0.2) is 0 Å². The van der Waals surface area contributed by atoms with Gasteiger partial charge in [0.1, 0.15) is 0 Å². The normalized spacial score (nSPS) is 43.3. The molecular weight excluding hydrogens is 218 g/mol. The van der Waals surface area contributed by atoms with Crippen LogP contribution in [-0.4, -0.2) is 12.1 Å². The second-order valence-corrected chi connectivity index (χ2v) is 7.32. The van der Waals surface area contributed by atoms with E-state index >= 15 is 0 Å². The summed E-state index contributed by atoms with van der Waals surface area (Å²) in [5.74, 6) is 4.41. The lowest BCUT2D eigenvalue weighted by molar-refractivity contribution is 0.197. The number of unbranched alkanes of at least 4 members (excludes halogenated alkanes) is 2. The Morgan fingerprint density at radius 1 is 1.06 bits per heavy atom. The fraction of sp³-hybridized carbons (Fsp3) is 1.00. The van der Waals surface area contributed by atoms with Crippen molar-refractivity contribution >= 4 is 0 Å². The summed E-state index contributed by atoms with van der Waals surface area (Å²) < 4.78 is 0. The zero-order valence-corrected chi connectivity index (χ0v) is 12.3. The van der Waals surface area contributed by atoms with Crippen molar-refractivity contribution in [1.29, 1.82) is 0 Å². The van der Waals surface area contributed by atoms with E-state index in [1.54, 1.807) is 19.3 Å². The minimum atomic E-state index is 0.751. The number of hydrogen-bond acceptors (Lipinski definition) is 1. The van der Waals surface area contributed by atoms with Crippen LogP contribution in [0.25, 0.3) is 0 Å². The molecule has 1 heteroatoms. The Morgan fingerprint density at radius 2 is 1.89 bits per heavy atom. The Balaban J connectivity index is 1.47. The van der Waals surface area contributed by atoms with Gasteiger partial charge in [-0.3, -0.25) is 0 Å². The summed E-state index contributed by atoms with van der Waals surface area (Å²) >= 11 is 0. The lowest BCUT2D eigenvalue weighted by Crippen LogP contribution is -2.43. The molecule has 0 radical (unpaired) electrons. The molecule has 0 aromatic heterocycles. The summed E-state index contributed by atoms with van der Waals surface area (Å²) in [6.45, 7) is 4.71. The van der Waals surface area contributed by atoms with E-state index in [4.69, 9.17) is 0 Å². The average molecular weight is 249 g/mol. The maximum atomic E-state index is 3.98. The number of fused-ring (bicyclic) bond motifs is 5. The van der Waals surface area contributed by atoms with Crippen LogP contribution in [-0.2, 0) is 0 Å². The fourth-order valence-electron chi connectivity index (χ4n) is 5.41. The van der Waals surface area contributed by atoms with Gasteiger partial charge >= 0.3 is 0 Å². The van der Waals surface area contributed by atoms with Gasteiger partial charge in [-0.05, 0) is 62.7 Å². The maximum absolute atomic E-state index is 3.98. The second kappa shape index (κ2) is 5.53. The van der Waals surface area contributed by atoms with E-state index in [9.17, 15) is 0 Å². The topological polar surface area (TPSA) is 12.0 Å². The summed E-state index contributed by atoms with van der Waals surface area (Å²) in [5, 5.41) is 3.98. The quantitative estimate of drug-likeness (QED) is 0.689. The van der Waals surface area contributed by atoms with Crippen LogP contribution in [0.3, 0.4) is 0 Å². The van der Waals surface area contributed by atoms with E-state index in [1.807, 2.05) is 0 Å². The molecule has 3 saturated carbocycles. The molecule has 104 valence electrons. The molecule has 0 heterocycles. The molecule has 6 unspecified atom stereocenters. The highest BCUT2D eigenvalue weighted by molar-refractivity contribution is 5.05. The standard InChI is InChI=1S/C17H31N/c1-3-4-5-7-12(2)18-17-11-13-10-16(17)15-9-6-8-14(13)15/h12-18H,3-11H2,1-2H3. The predicted octanol–water partition coefficient (Wildman–Crippen LogP) is 4.37. The largest absolute Gasteiger partial charge is 0.311 e. The first-order chi connectivity index (χ1) is 8.79. The number of hydrogen-bond donors (Lipinski definition) is 1. The van der Waals surface area contributed by atoms with E-state index in [1.165, 1.54) is 38.5 Å². The summed E-state index contributed by atoms with van der Waals surface area (Å²) in [6.07, 6.45) is 13.3. The highest BCUT2D eigenvalue weighted by atomic mass is 15.0. The summed E-state index contributed by atoms with van der Waals surface area (Å²) in [4.78, 5) is 0. The molecule has 2 bridgehead atoms. The Labute approximate surface area is 113 Å². The van der Waals surface area contributed by atoms with Crippen LogP contribution in [0.5, 0.6) is 0 Å². The lowest BCUT2D eigenvalue weighted by atomic mass is 9.79. The molecular formula is C17H31N. The first-order valence-electron chi connectivity index (χ1n) is 8.55. The molecule has 0 aromatic rings. The van der Waals surface area contributed by atoms with E-state index < -0.39 is 0 Å². The van der Waals surface area contributed by atoms with Crippen molar-refractivity contribution in [3.8, 4) is 0 Å². The van der Waals surface area contributed by atoms with Crippen LogP contribution >= 0.6 is 0 Å². The number of nitrogens with one attached hydrogen (secondary N) is 1. The van der Waals surface area contributed by atoms with Crippen LogP contribution in [0.2, 0.25) is 0 Å². The van der Waals surface area contributed by atoms with Crippen molar-refractivity contribution in [2.45, 2.75) is 83.7 Å². The third-order valence-corrected chi connectivity index (χ3v) is 6.17. The molecule has 3 aliphatic carbocycles. The van der Waals surface area contributed by atoms with Gasteiger partial charge in [0.2, 0.25) is 0 Å². The third-order valence-electron chi connectivity index (χ3n) is 6.17. The Bertz CT molecular complexity index is 275. The van der Waals surface area contributed by atoms with E-state index in [0.29, 0.717) is 0 Å². The minimum absolute atomic E-state index is 0.751. The molecule has 6 atom stereocenters. The molecule has 3 rings (SSSR count). The lowest BCUT2D eigenvalue weighted by Gasteiger charge is -2.34. The highest BCUT2D eigenvalue weighted by Gasteiger charge is 2.53. The first-order valence-corrected chi connectivity index (χ1v) is 8.55. The van der Waals surface area contributed by atoms with E-state index in [-0.39, 0.29) is 0 Å². The Morgan fingerprint density at radius 3 is 2.72 bits per heavy atom. The smallest absolute Gasteiger partial charge is 0.0103 e. The van der Waals surface area contributed by atoms with Crippen molar-refractivity contribution in [2.24, 2.45) is 23.7 Å². The molecule has 1 nitrogen and oxygen atoms in total. The molecule has 18 heavy (non-hydrogen) atoms. The molecule has 0 saturated heterocycles. The SMILES string of the molecule is CCCCCC(C)NC1CC2CC1C1CCCC21. The third kappa shape index (κ3) is 2.35. The monoisotopic (exact) mass is 249 g/mol. The van der Waals surface area contributed by atoms with Gasteiger partial charge in [0, 0.05) is 12.1 Å². The van der Waals surface area contributed by atoms with Crippen molar-refractivity contribution in [1.82, 2.24) is 5.32 Å². The van der Waals surface area contributed by atoms with Gasteiger partial charge in [0.05, 0.1) is 0 Å². The Kier molecular flexibility index (Phi) is 3.98. The highest BCUT2D eigenvalue weighted by Crippen LogP contribution is 2.58. The fourth-order valence-corrected chi connectivity index (χ4v) is 5.41. The van der Waals surface area contributed by atoms with Crippen LogP contribution in [0.4, 0.5) is 0 Å². The van der Waals surface area contributed by atoms with E-state index in [2.05, 4.69) is 19.2 Å². The van der Waals surface area contributed by atoms with Gasteiger partial charge in [-0.15, -0.1) is 0 Å². The molecule has 0 amide bonds. The van der Waals surface area contributed by atoms with Gasteiger partial charge in [-0.2, -0.15) is 0 Å². The molecule has 0 aliphatic heterocycles. The Hall–Kier alpha value is -0.0400. The zero-order chi connectivity index (χ0) is 12.5. The summed E-state index contributed by atoms with van der Waals surface area (Å²) in [6, 6.07) is 1.63. The summed E-state index contributed by atoms with van der Waals surface area (Å²) in [5.41, 5.74) is 0. The second-order valence-electron chi connectivity index (χ2n) is 7.32. The van der Waals surface area contributed by atoms with Crippen LogP contribution in [0.1, 0.15) is 71.6 Å². The minimum Gasteiger partial charge on any atom is -0.311 e. The first kappa shape index (κ1) is 13.0. The van der Waals surface area contributed by atoms with Crippen molar-refractivity contribution in [3.05, 3.63) is 0 Å². The number of rotatable bonds is 6. The molecule has 3 aliphatic rings. The van der Waals surface area contributed by atoms with Gasteiger partial charge < -0.3 is 5.32 Å². The molecule has 0 aromatic carbocycles.